The molecule has 1 aromatic heterocycles. The average Bonchev–Trinajstić information content (AvgIpc) is 2.28. The van der Waals surface area contributed by atoms with Crippen molar-refractivity contribution in [1.29, 1.82) is 5.26 Å². The molecule has 0 aliphatic heterocycles. The van der Waals surface area contributed by atoms with Crippen molar-refractivity contribution < 1.29 is 13.9 Å². The maximum atomic E-state index is 13.1. The Labute approximate surface area is 91.6 Å². The summed E-state index contributed by atoms with van der Waals surface area (Å²) in [5.74, 6) is -1.30. The standard InChI is InChI=1S/C10H10FN3O2/c1-16-10(15)8(13)3-6-2-7(11)9(4-12)14-5-6/h2,5,8H,3,13H2,1H3/t8-/m1/s1. The van der Waals surface area contributed by atoms with Crippen molar-refractivity contribution in [3.63, 3.8) is 0 Å². The second-order valence-electron chi connectivity index (χ2n) is 3.12. The first kappa shape index (κ1) is 12.1. The van der Waals surface area contributed by atoms with Gasteiger partial charge < -0.3 is 10.5 Å². The van der Waals surface area contributed by atoms with Gasteiger partial charge in [0.15, 0.2) is 11.5 Å². The first-order chi connectivity index (χ1) is 7.58. The summed E-state index contributed by atoms with van der Waals surface area (Å²) < 4.78 is 17.6. The quantitative estimate of drug-likeness (QED) is 0.736. The minimum atomic E-state index is -0.862. The van der Waals surface area contributed by atoms with Gasteiger partial charge in [0.25, 0.3) is 0 Å². The molecule has 0 saturated carbocycles. The number of rotatable bonds is 3. The van der Waals surface area contributed by atoms with Crippen molar-refractivity contribution in [3.05, 3.63) is 29.3 Å². The van der Waals surface area contributed by atoms with E-state index in [0.29, 0.717) is 5.56 Å². The van der Waals surface area contributed by atoms with E-state index < -0.39 is 17.8 Å². The minimum absolute atomic E-state index is 0.113. The maximum Gasteiger partial charge on any atom is 0.322 e. The molecule has 1 aromatic rings. The monoisotopic (exact) mass is 223 g/mol. The molecule has 0 aliphatic rings. The fourth-order valence-corrected chi connectivity index (χ4v) is 1.16. The molecule has 1 rings (SSSR count). The lowest BCUT2D eigenvalue weighted by atomic mass is 10.1. The molecule has 0 unspecified atom stereocenters. The van der Waals surface area contributed by atoms with Crippen molar-refractivity contribution >= 4 is 5.97 Å². The van der Waals surface area contributed by atoms with Crippen LogP contribution in [0.1, 0.15) is 11.3 Å². The van der Waals surface area contributed by atoms with Crippen LogP contribution in [0.25, 0.3) is 0 Å². The van der Waals surface area contributed by atoms with Crippen LogP contribution >= 0.6 is 0 Å². The molecule has 6 heteroatoms. The van der Waals surface area contributed by atoms with E-state index in [2.05, 4.69) is 9.72 Å². The topological polar surface area (TPSA) is 89.0 Å². The van der Waals surface area contributed by atoms with Gasteiger partial charge >= 0.3 is 5.97 Å². The van der Waals surface area contributed by atoms with Gasteiger partial charge in [-0.3, -0.25) is 4.79 Å². The zero-order chi connectivity index (χ0) is 12.1. The number of carbonyl (C=O) groups excluding carboxylic acids is 1. The van der Waals surface area contributed by atoms with Crippen molar-refractivity contribution in [1.82, 2.24) is 4.98 Å². The molecule has 1 atom stereocenters. The van der Waals surface area contributed by atoms with Crippen LogP contribution in [0.2, 0.25) is 0 Å². The number of methoxy groups -OCH3 is 1. The number of carbonyl (C=O) groups is 1. The number of pyridine rings is 1. The molecule has 0 radical (unpaired) electrons. The van der Waals surface area contributed by atoms with Crippen LogP contribution in [0, 0.1) is 17.1 Å². The van der Waals surface area contributed by atoms with Crippen LogP contribution in [0.15, 0.2) is 12.3 Å². The van der Waals surface area contributed by atoms with Crippen LogP contribution in [0.4, 0.5) is 4.39 Å². The van der Waals surface area contributed by atoms with Gasteiger partial charge in [-0.2, -0.15) is 5.26 Å². The molecule has 0 aliphatic carbocycles. The number of hydrogen-bond donors (Lipinski definition) is 1. The molecule has 2 N–H and O–H groups in total. The molecule has 1 heterocycles. The van der Waals surface area contributed by atoms with Gasteiger partial charge in [0.1, 0.15) is 12.1 Å². The number of aromatic nitrogens is 1. The molecule has 16 heavy (non-hydrogen) atoms. The fraction of sp³-hybridized carbons (Fsp3) is 0.300. The summed E-state index contributed by atoms with van der Waals surface area (Å²) in [6, 6.07) is 1.87. The molecule has 5 nitrogen and oxygen atoms in total. The molecule has 0 saturated heterocycles. The van der Waals surface area contributed by atoms with Crippen LogP contribution < -0.4 is 5.73 Å². The second kappa shape index (κ2) is 5.19. The Morgan fingerprint density at radius 3 is 3.00 bits per heavy atom. The molecule has 0 amide bonds. The summed E-state index contributed by atoms with van der Waals surface area (Å²) >= 11 is 0. The lowest BCUT2D eigenvalue weighted by Crippen LogP contribution is -2.33. The molecular formula is C10H10FN3O2. The molecular weight excluding hydrogens is 213 g/mol. The number of nitriles is 1. The van der Waals surface area contributed by atoms with E-state index in [1.807, 2.05) is 0 Å². The van der Waals surface area contributed by atoms with Crippen LogP contribution in [0.3, 0.4) is 0 Å². The van der Waals surface area contributed by atoms with Gasteiger partial charge in [0.2, 0.25) is 0 Å². The third kappa shape index (κ3) is 2.74. The van der Waals surface area contributed by atoms with E-state index >= 15 is 0 Å². The molecule has 0 aromatic carbocycles. The van der Waals surface area contributed by atoms with E-state index in [-0.39, 0.29) is 12.1 Å². The van der Waals surface area contributed by atoms with Gasteiger partial charge in [-0.15, -0.1) is 0 Å². The zero-order valence-electron chi connectivity index (χ0n) is 8.61. The van der Waals surface area contributed by atoms with Crippen molar-refractivity contribution in [2.75, 3.05) is 7.11 Å². The Morgan fingerprint density at radius 2 is 2.50 bits per heavy atom. The molecule has 84 valence electrons. The Morgan fingerprint density at radius 1 is 1.81 bits per heavy atom. The largest absolute Gasteiger partial charge is 0.468 e. The highest BCUT2D eigenvalue weighted by atomic mass is 19.1. The highest BCUT2D eigenvalue weighted by Gasteiger charge is 2.15. The summed E-state index contributed by atoms with van der Waals surface area (Å²) in [6.45, 7) is 0. The highest BCUT2D eigenvalue weighted by Crippen LogP contribution is 2.08. The predicted octanol–water partition coefficient (Wildman–Crippen LogP) is 0.135. The third-order valence-corrected chi connectivity index (χ3v) is 1.96. The smallest absolute Gasteiger partial charge is 0.322 e. The Hall–Kier alpha value is -2.00. The van der Waals surface area contributed by atoms with E-state index in [1.54, 1.807) is 6.07 Å². The van der Waals surface area contributed by atoms with Crippen molar-refractivity contribution in [3.8, 4) is 6.07 Å². The predicted molar refractivity (Wildman–Crippen MR) is 52.6 cm³/mol. The van der Waals surface area contributed by atoms with E-state index in [0.717, 1.165) is 6.07 Å². The number of hydrogen-bond acceptors (Lipinski definition) is 5. The molecule has 0 spiro atoms. The summed E-state index contributed by atoms with van der Waals surface area (Å²) in [7, 11) is 1.22. The van der Waals surface area contributed by atoms with Gasteiger partial charge in [0, 0.05) is 6.20 Å². The summed E-state index contributed by atoms with van der Waals surface area (Å²) in [6.07, 6.45) is 1.42. The summed E-state index contributed by atoms with van der Waals surface area (Å²) in [5.41, 5.74) is 5.65. The Kier molecular flexibility index (Phi) is 3.91. The summed E-state index contributed by atoms with van der Waals surface area (Å²) in [4.78, 5) is 14.6. The molecule has 0 fully saturated rings. The third-order valence-electron chi connectivity index (χ3n) is 1.96. The fourth-order valence-electron chi connectivity index (χ4n) is 1.16. The number of esters is 1. The lowest BCUT2D eigenvalue weighted by Gasteiger charge is -2.08. The minimum Gasteiger partial charge on any atom is -0.468 e. The zero-order valence-corrected chi connectivity index (χ0v) is 8.61. The lowest BCUT2D eigenvalue weighted by molar-refractivity contribution is -0.142. The maximum absolute atomic E-state index is 13.1. The van der Waals surface area contributed by atoms with E-state index in [9.17, 15) is 9.18 Å². The second-order valence-corrected chi connectivity index (χ2v) is 3.12. The van der Waals surface area contributed by atoms with Crippen LogP contribution in [-0.2, 0) is 16.0 Å². The first-order valence-corrected chi connectivity index (χ1v) is 4.46. The Bertz CT molecular complexity index is 442. The number of nitrogens with two attached hydrogens (primary N) is 1. The Balaban J connectivity index is 2.80. The van der Waals surface area contributed by atoms with Crippen molar-refractivity contribution in [2.24, 2.45) is 5.73 Å². The van der Waals surface area contributed by atoms with Gasteiger partial charge in [-0.1, -0.05) is 0 Å². The first-order valence-electron chi connectivity index (χ1n) is 4.46. The number of ether oxygens (including phenoxy) is 1. The van der Waals surface area contributed by atoms with Crippen LogP contribution in [-0.4, -0.2) is 24.1 Å². The van der Waals surface area contributed by atoms with Gasteiger partial charge in [-0.05, 0) is 18.1 Å². The number of nitrogens with zero attached hydrogens (tertiary/aromatic N) is 2. The van der Waals surface area contributed by atoms with E-state index in [1.165, 1.54) is 13.3 Å². The van der Waals surface area contributed by atoms with Gasteiger partial charge in [0.05, 0.1) is 7.11 Å². The molecule has 0 bridgehead atoms. The van der Waals surface area contributed by atoms with Gasteiger partial charge in [-0.25, -0.2) is 9.37 Å². The summed E-state index contributed by atoms with van der Waals surface area (Å²) in [5, 5.41) is 8.47. The van der Waals surface area contributed by atoms with E-state index in [4.69, 9.17) is 11.0 Å². The van der Waals surface area contributed by atoms with Crippen molar-refractivity contribution in [2.45, 2.75) is 12.5 Å². The van der Waals surface area contributed by atoms with Crippen LogP contribution in [0.5, 0.6) is 0 Å². The SMILES string of the molecule is COC(=O)[C@H](N)Cc1cnc(C#N)c(F)c1. The normalized spacial score (nSPS) is 11.6. The highest BCUT2D eigenvalue weighted by molar-refractivity contribution is 5.75. The number of halogens is 1. The average molecular weight is 223 g/mol.